The van der Waals surface area contributed by atoms with Gasteiger partial charge >= 0.3 is 0 Å². The van der Waals surface area contributed by atoms with Gasteiger partial charge in [-0.25, -0.2) is 4.39 Å². The molecule has 2 amide bonds. The lowest BCUT2D eigenvalue weighted by atomic mass is 9.92. The van der Waals surface area contributed by atoms with Crippen molar-refractivity contribution < 1.29 is 14.0 Å². The van der Waals surface area contributed by atoms with Crippen molar-refractivity contribution in [3.8, 4) is 0 Å². The monoisotopic (exact) mass is 465 g/mol. The van der Waals surface area contributed by atoms with Crippen molar-refractivity contribution >= 4 is 11.8 Å². The van der Waals surface area contributed by atoms with Crippen molar-refractivity contribution in [1.82, 2.24) is 14.8 Å². The lowest BCUT2D eigenvalue weighted by Gasteiger charge is -2.36. The number of piperidine rings is 1. The Bertz CT molecular complexity index is 979. The fraction of sp³-hybridized carbons (Fsp3) is 0.536. The number of benzene rings is 1. The van der Waals surface area contributed by atoms with Crippen molar-refractivity contribution in [2.24, 2.45) is 11.8 Å². The summed E-state index contributed by atoms with van der Waals surface area (Å²) in [5.74, 6) is 0.571. The number of carbonyl (C=O) groups is 2. The van der Waals surface area contributed by atoms with Crippen LogP contribution in [0.3, 0.4) is 0 Å². The molecule has 2 heterocycles. The molecule has 1 aromatic carbocycles. The summed E-state index contributed by atoms with van der Waals surface area (Å²) in [4.78, 5) is 34.5. The van der Waals surface area contributed by atoms with Gasteiger partial charge in [-0.1, -0.05) is 43.9 Å². The minimum atomic E-state index is -0.389. The van der Waals surface area contributed by atoms with E-state index in [9.17, 15) is 14.0 Å². The van der Waals surface area contributed by atoms with Crippen molar-refractivity contribution in [3.63, 3.8) is 0 Å². The van der Waals surface area contributed by atoms with E-state index in [1.807, 2.05) is 31.0 Å². The summed E-state index contributed by atoms with van der Waals surface area (Å²) in [5.41, 5.74) is 2.61. The highest BCUT2D eigenvalue weighted by Crippen LogP contribution is 2.32. The van der Waals surface area contributed by atoms with E-state index in [1.165, 1.54) is 37.8 Å². The van der Waals surface area contributed by atoms with Gasteiger partial charge in [0.15, 0.2) is 0 Å². The molecule has 1 aromatic heterocycles. The second kappa shape index (κ2) is 11.1. The quantitative estimate of drug-likeness (QED) is 0.559. The number of aryl methyl sites for hydroxylation is 1. The molecule has 1 unspecified atom stereocenters. The van der Waals surface area contributed by atoms with Crippen LogP contribution >= 0.6 is 0 Å². The Morgan fingerprint density at radius 1 is 1.09 bits per heavy atom. The van der Waals surface area contributed by atoms with E-state index in [2.05, 4.69) is 4.98 Å². The molecule has 2 aliphatic rings. The molecule has 34 heavy (non-hydrogen) atoms. The van der Waals surface area contributed by atoms with Gasteiger partial charge in [0.2, 0.25) is 11.8 Å². The molecule has 1 atom stereocenters. The highest BCUT2D eigenvalue weighted by Gasteiger charge is 2.33. The third-order valence-electron chi connectivity index (χ3n) is 7.67. The first-order valence-corrected chi connectivity index (χ1v) is 12.7. The van der Waals surface area contributed by atoms with Gasteiger partial charge in [0, 0.05) is 38.7 Å². The summed E-state index contributed by atoms with van der Waals surface area (Å²) in [6.07, 6.45) is 9.85. The Hall–Kier alpha value is -2.76. The summed E-state index contributed by atoms with van der Waals surface area (Å²) >= 11 is 0. The second-order valence-corrected chi connectivity index (χ2v) is 9.95. The number of amides is 2. The molecule has 0 bridgehead atoms. The molecular formula is C28H36FN3O2. The standard InChI is InChI=1S/C28H36FN3O2/c1-20-6-5-17-30-26(20)27(22-10-12-24(29)13-11-22)31(2)28(34)23-15-18-32(19-16-23)25(33)14-9-21-7-3-4-8-21/h5-6,10-13,17,21,23,27H,3-4,7-9,14-16,18-19H2,1-2H3. The number of halogens is 1. The molecule has 1 aliphatic carbocycles. The van der Waals surface area contributed by atoms with E-state index >= 15 is 0 Å². The molecule has 5 nitrogen and oxygen atoms in total. The highest BCUT2D eigenvalue weighted by molar-refractivity contribution is 5.81. The fourth-order valence-corrected chi connectivity index (χ4v) is 5.57. The maximum Gasteiger partial charge on any atom is 0.226 e. The summed E-state index contributed by atoms with van der Waals surface area (Å²) < 4.78 is 13.6. The average Bonchev–Trinajstić information content (AvgIpc) is 3.38. The maximum absolute atomic E-state index is 13.6. The molecule has 1 saturated heterocycles. The first-order valence-electron chi connectivity index (χ1n) is 12.7. The molecule has 2 aromatic rings. The van der Waals surface area contributed by atoms with Crippen LogP contribution in [0.1, 0.15) is 74.2 Å². The number of carbonyl (C=O) groups excluding carboxylic acids is 2. The van der Waals surface area contributed by atoms with E-state index in [4.69, 9.17) is 0 Å². The van der Waals surface area contributed by atoms with Crippen molar-refractivity contribution in [2.45, 2.75) is 64.3 Å². The van der Waals surface area contributed by atoms with Crippen molar-refractivity contribution in [1.29, 1.82) is 0 Å². The lowest BCUT2D eigenvalue weighted by Crippen LogP contribution is -2.44. The zero-order valence-electron chi connectivity index (χ0n) is 20.4. The number of hydrogen-bond donors (Lipinski definition) is 0. The Morgan fingerprint density at radius 3 is 2.41 bits per heavy atom. The molecule has 0 radical (unpaired) electrons. The van der Waals surface area contributed by atoms with E-state index in [1.54, 1.807) is 23.2 Å². The van der Waals surface area contributed by atoms with Gasteiger partial charge in [-0.15, -0.1) is 0 Å². The summed E-state index contributed by atoms with van der Waals surface area (Å²) in [6, 6.07) is 9.77. The normalized spacial score (nSPS) is 18.1. The zero-order valence-corrected chi connectivity index (χ0v) is 20.4. The van der Waals surface area contributed by atoms with Crippen LogP contribution in [0.15, 0.2) is 42.6 Å². The first-order chi connectivity index (χ1) is 16.4. The van der Waals surface area contributed by atoms with E-state index in [0.29, 0.717) is 32.4 Å². The van der Waals surface area contributed by atoms with Gasteiger partial charge < -0.3 is 9.80 Å². The Morgan fingerprint density at radius 2 is 1.76 bits per heavy atom. The molecule has 1 saturated carbocycles. The smallest absolute Gasteiger partial charge is 0.226 e. The third kappa shape index (κ3) is 5.65. The van der Waals surface area contributed by atoms with Crippen molar-refractivity contribution in [3.05, 3.63) is 65.2 Å². The van der Waals surface area contributed by atoms with Gasteiger partial charge in [0.05, 0.1) is 11.7 Å². The van der Waals surface area contributed by atoms with Gasteiger partial charge in [-0.05, 0) is 61.4 Å². The number of nitrogens with zero attached hydrogens (tertiary/aromatic N) is 3. The Balaban J connectivity index is 1.41. The van der Waals surface area contributed by atoms with Gasteiger partial charge in [-0.2, -0.15) is 0 Å². The van der Waals surface area contributed by atoms with Crippen LogP contribution in [0.5, 0.6) is 0 Å². The number of hydrogen-bond acceptors (Lipinski definition) is 3. The van der Waals surface area contributed by atoms with Crippen LogP contribution in [-0.4, -0.2) is 46.7 Å². The summed E-state index contributed by atoms with van der Waals surface area (Å²) in [5, 5.41) is 0. The lowest BCUT2D eigenvalue weighted by molar-refractivity contribution is -0.141. The third-order valence-corrected chi connectivity index (χ3v) is 7.67. The summed E-state index contributed by atoms with van der Waals surface area (Å²) in [6.45, 7) is 3.25. The van der Waals surface area contributed by atoms with Crippen LogP contribution < -0.4 is 0 Å². The molecule has 4 rings (SSSR count). The summed E-state index contributed by atoms with van der Waals surface area (Å²) in [7, 11) is 1.81. The second-order valence-electron chi connectivity index (χ2n) is 9.95. The van der Waals surface area contributed by atoms with Gasteiger partial charge in [-0.3, -0.25) is 14.6 Å². The van der Waals surface area contributed by atoms with Crippen molar-refractivity contribution in [2.75, 3.05) is 20.1 Å². The predicted molar refractivity (Wildman–Crippen MR) is 130 cm³/mol. The van der Waals surface area contributed by atoms with E-state index in [0.717, 1.165) is 29.2 Å². The minimum Gasteiger partial charge on any atom is -0.343 e. The van der Waals surface area contributed by atoms with Crippen LogP contribution in [-0.2, 0) is 9.59 Å². The topological polar surface area (TPSA) is 53.5 Å². The highest BCUT2D eigenvalue weighted by atomic mass is 19.1. The first kappa shape index (κ1) is 24.4. The average molecular weight is 466 g/mol. The van der Waals surface area contributed by atoms with Gasteiger partial charge in [0.1, 0.15) is 5.82 Å². The molecule has 2 fully saturated rings. The van der Waals surface area contributed by atoms with Crippen LogP contribution in [0, 0.1) is 24.6 Å². The predicted octanol–water partition coefficient (Wildman–Crippen LogP) is 5.29. The molecule has 0 spiro atoms. The zero-order chi connectivity index (χ0) is 24.1. The number of likely N-dealkylation sites (tertiary alicyclic amines) is 1. The van der Waals surface area contributed by atoms with Crippen LogP contribution in [0.2, 0.25) is 0 Å². The largest absolute Gasteiger partial charge is 0.343 e. The Labute approximate surface area is 202 Å². The number of pyridine rings is 1. The molecule has 0 N–H and O–H groups in total. The minimum absolute atomic E-state index is 0.0532. The van der Waals surface area contributed by atoms with E-state index in [-0.39, 0.29) is 29.6 Å². The fourth-order valence-electron chi connectivity index (χ4n) is 5.57. The number of aromatic nitrogens is 1. The Kier molecular flexibility index (Phi) is 7.96. The maximum atomic E-state index is 13.6. The molecule has 182 valence electrons. The SMILES string of the molecule is Cc1cccnc1C(c1ccc(F)cc1)N(C)C(=O)C1CCN(C(=O)CCC2CCCC2)CC1. The van der Waals surface area contributed by atoms with Gasteiger partial charge in [0.25, 0.3) is 0 Å². The van der Waals surface area contributed by atoms with E-state index < -0.39 is 0 Å². The van der Waals surface area contributed by atoms with Crippen LogP contribution in [0.25, 0.3) is 0 Å². The number of rotatable bonds is 7. The molecule has 6 heteroatoms. The molecular weight excluding hydrogens is 429 g/mol. The van der Waals surface area contributed by atoms with Crippen LogP contribution in [0.4, 0.5) is 4.39 Å². The molecule has 1 aliphatic heterocycles.